The molecule has 1 saturated heterocycles. The molecular formula is C14H11F15O7. The Labute approximate surface area is 187 Å². The number of rotatable bonds is 8. The molecule has 0 saturated carbocycles. The molecule has 36 heavy (non-hydrogen) atoms. The maximum absolute atomic E-state index is 13.7. The lowest BCUT2D eigenvalue weighted by atomic mass is 9.91. The molecule has 214 valence electrons. The fourth-order valence-corrected chi connectivity index (χ4v) is 2.41. The second-order valence-electron chi connectivity index (χ2n) is 7.08. The van der Waals surface area contributed by atoms with Crippen LogP contribution in [0.1, 0.15) is 0 Å². The lowest BCUT2D eigenvalue weighted by Crippen LogP contribution is -2.73. The van der Waals surface area contributed by atoms with E-state index in [1.807, 2.05) is 0 Å². The molecule has 1 aliphatic rings. The molecule has 1 rings (SSSR count). The monoisotopic (exact) mass is 576 g/mol. The normalized spacial score (nSPS) is 27.7. The first kappa shape index (κ1) is 32.2. The summed E-state index contributed by atoms with van der Waals surface area (Å²) in [6, 6.07) is 0. The SMILES string of the molecule is O=C(OC[C@H]1O[C@@H](O)[C@H](O)[C@@H](O)[C@H]1O)C(F)(F)C(F)(F)C(F)(F)C(F)(F)C(F)(F)C(F)(F)C(F)(F)F. The highest BCUT2D eigenvalue weighted by Crippen LogP contribution is 2.62. The highest BCUT2D eigenvalue weighted by Gasteiger charge is 2.94. The summed E-state index contributed by atoms with van der Waals surface area (Å²) in [4.78, 5) is 11.2. The van der Waals surface area contributed by atoms with Gasteiger partial charge in [-0.3, -0.25) is 0 Å². The minimum Gasteiger partial charge on any atom is -0.458 e. The highest BCUT2D eigenvalue weighted by atomic mass is 19.4. The Balaban J connectivity index is 3.29. The zero-order chi connectivity index (χ0) is 29.1. The first-order valence-electron chi connectivity index (χ1n) is 8.53. The summed E-state index contributed by atoms with van der Waals surface area (Å²) in [7, 11) is 0. The number of hydrogen-bond acceptors (Lipinski definition) is 7. The van der Waals surface area contributed by atoms with Gasteiger partial charge in [0.2, 0.25) is 0 Å². The van der Waals surface area contributed by atoms with Gasteiger partial charge in [0, 0.05) is 0 Å². The van der Waals surface area contributed by atoms with E-state index in [-0.39, 0.29) is 0 Å². The molecule has 0 amide bonds. The van der Waals surface area contributed by atoms with Crippen molar-refractivity contribution in [2.24, 2.45) is 0 Å². The molecule has 0 bridgehead atoms. The van der Waals surface area contributed by atoms with Crippen molar-refractivity contribution in [2.75, 3.05) is 6.61 Å². The van der Waals surface area contributed by atoms with Gasteiger partial charge < -0.3 is 29.9 Å². The molecule has 22 heteroatoms. The van der Waals surface area contributed by atoms with Gasteiger partial charge in [-0.2, -0.15) is 65.9 Å². The average Bonchev–Trinajstić information content (AvgIpc) is 2.71. The number of aliphatic hydroxyl groups excluding tert-OH is 4. The first-order chi connectivity index (χ1) is 15.6. The topological polar surface area (TPSA) is 116 Å². The van der Waals surface area contributed by atoms with Gasteiger partial charge >= 0.3 is 47.7 Å². The molecule has 4 N–H and O–H groups in total. The average molecular weight is 576 g/mol. The number of hydrogen-bond donors (Lipinski definition) is 4. The fourth-order valence-electron chi connectivity index (χ4n) is 2.41. The van der Waals surface area contributed by atoms with E-state index < -0.39 is 85.0 Å². The van der Waals surface area contributed by atoms with Gasteiger partial charge in [-0.15, -0.1) is 0 Å². The first-order valence-corrected chi connectivity index (χ1v) is 8.53. The number of alkyl halides is 15. The quantitative estimate of drug-likeness (QED) is 0.257. The van der Waals surface area contributed by atoms with Crippen molar-refractivity contribution in [1.29, 1.82) is 0 Å². The van der Waals surface area contributed by atoms with Gasteiger partial charge in [0.05, 0.1) is 0 Å². The number of aliphatic hydroxyl groups is 4. The Morgan fingerprint density at radius 1 is 0.611 bits per heavy atom. The van der Waals surface area contributed by atoms with Crippen LogP contribution in [0.15, 0.2) is 0 Å². The fraction of sp³-hybridized carbons (Fsp3) is 0.929. The van der Waals surface area contributed by atoms with Gasteiger partial charge in [-0.25, -0.2) is 4.79 Å². The Morgan fingerprint density at radius 2 is 1.00 bits per heavy atom. The molecule has 0 radical (unpaired) electrons. The molecule has 1 heterocycles. The van der Waals surface area contributed by atoms with Crippen LogP contribution >= 0.6 is 0 Å². The number of halogens is 15. The maximum atomic E-state index is 13.7. The van der Waals surface area contributed by atoms with Crippen molar-refractivity contribution in [2.45, 2.75) is 72.4 Å². The molecule has 0 aromatic heterocycles. The van der Waals surface area contributed by atoms with Crippen molar-refractivity contribution in [1.82, 2.24) is 0 Å². The van der Waals surface area contributed by atoms with E-state index in [1.54, 1.807) is 0 Å². The number of carbonyl (C=O) groups is 1. The number of ether oxygens (including phenoxy) is 2. The molecule has 0 spiro atoms. The molecule has 0 aliphatic carbocycles. The summed E-state index contributed by atoms with van der Waals surface area (Å²) in [6.45, 7) is -2.02. The van der Waals surface area contributed by atoms with Crippen LogP contribution in [-0.4, -0.2) is 105 Å². The van der Waals surface area contributed by atoms with Crippen LogP contribution in [0.4, 0.5) is 65.9 Å². The lowest BCUT2D eigenvalue weighted by Gasteiger charge is -2.41. The van der Waals surface area contributed by atoms with Crippen molar-refractivity contribution in [3.05, 3.63) is 0 Å². The summed E-state index contributed by atoms with van der Waals surface area (Å²) in [5, 5.41) is 37.0. The maximum Gasteiger partial charge on any atom is 0.460 e. The predicted molar refractivity (Wildman–Crippen MR) is 75.6 cm³/mol. The van der Waals surface area contributed by atoms with E-state index in [0.29, 0.717) is 0 Å². The second-order valence-corrected chi connectivity index (χ2v) is 7.08. The Kier molecular flexibility index (Phi) is 8.24. The minimum atomic E-state index is -8.60. The van der Waals surface area contributed by atoms with Gasteiger partial charge in [0.15, 0.2) is 6.29 Å². The van der Waals surface area contributed by atoms with Crippen LogP contribution in [0, 0.1) is 0 Å². The molecule has 0 aromatic carbocycles. The Bertz CT molecular complexity index is 815. The van der Waals surface area contributed by atoms with E-state index in [1.165, 1.54) is 0 Å². The summed E-state index contributed by atoms with van der Waals surface area (Å²) in [5.41, 5.74) is 0. The van der Waals surface area contributed by atoms with Gasteiger partial charge in [-0.05, 0) is 0 Å². The van der Waals surface area contributed by atoms with E-state index in [2.05, 4.69) is 9.47 Å². The van der Waals surface area contributed by atoms with Gasteiger partial charge in [0.1, 0.15) is 31.0 Å². The van der Waals surface area contributed by atoms with E-state index in [9.17, 15) is 80.9 Å². The van der Waals surface area contributed by atoms with Crippen molar-refractivity contribution in [3.8, 4) is 0 Å². The third kappa shape index (κ3) is 4.53. The van der Waals surface area contributed by atoms with E-state index in [0.717, 1.165) is 0 Å². The van der Waals surface area contributed by atoms with Gasteiger partial charge in [0.25, 0.3) is 0 Å². The number of carbonyl (C=O) groups excluding carboxylic acids is 1. The predicted octanol–water partition coefficient (Wildman–Crippen LogP) is 1.70. The summed E-state index contributed by atoms with van der Waals surface area (Å²) in [5.74, 6) is -53.3. The van der Waals surface area contributed by atoms with Crippen LogP contribution in [0.3, 0.4) is 0 Å². The Morgan fingerprint density at radius 3 is 1.42 bits per heavy atom. The third-order valence-electron chi connectivity index (χ3n) is 4.65. The molecule has 0 unspecified atom stereocenters. The van der Waals surface area contributed by atoms with Crippen LogP contribution < -0.4 is 0 Å². The minimum absolute atomic E-state index is 2.02. The van der Waals surface area contributed by atoms with Crippen molar-refractivity contribution in [3.63, 3.8) is 0 Å². The smallest absolute Gasteiger partial charge is 0.458 e. The van der Waals surface area contributed by atoms with Crippen LogP contribution in [0.2, 0.25) is 0 Å². The molecule has 1 aliphatic heterocycles. The van der Waals surface area contributed by atoms with Crippen LogP contribution in [0.5, 0.6) is 0 Å². The second kappa shape index (κ2) is 9.20. The summed E-state index contributed by atoms with van der Waals surface area (Å²) >= 11 is 0. The van der Waals surface area contributed by atoms with E-state index in [4.69, 9.17) is 10.2 Å². The summed E-state index contributed by atoms with van der Waals surface area (Å²) < 4.78 is 204. The zero-order valence-electron chi connectivity index (χ0n) is 16.3. The standard InChI is InChI=1S/C14H11F15O7/c15-8(16,7(34)35-1-2-3(30)4(31)5(32)6(33)36-2)9(17,18)10(19,20)11(21,22)12(23,24)13(25,26)14(27,28)29/h2-6,30-33H,1H2/t2-,3+,4+,5-,6-/m1/s1. The largest absolute Gasteiger partial charge is 0.460 e. The summed E-state index contributed by atoms with van der Waals surface area (Å²) in [6.07, 6.45) is -19.9. The van der Waals surface area contributed by atoms with Crippen molar-refractivity contribution >= 4 is 5.97 Å². The molecule has 7 nitrogen and oxygen atoms in total. The van der Waals surface area contributed by atoms with Crippen LogP contribution in [0.25, 0.3) is 0 Å². The third-order valence-corrected chi connectivity index (χ3v) is 4.65. The zero-order valence-corrected chi connectivity index (χ0v) is 16.3. The molecular weight excluding hydrogens is 565 g/mol. The van der Waals surface area contributed by atoms with Crippen molar-refractivity contribution < 1.29 is 101 Å². The highest BCUT2D eigenvalue weighted by molar-refractivity contribution is 5.79. The molecule has 1 fully saturated rings. The van der Waals surface area contributed by atoms with Crippen LogP contribution in [-0.2, 0) is 14.3 Å². The van der Waals surface area contributed by atoms with E-state index >= 15 is 0 Å². The Hall–Kier alpha value is -1.78. The lowest BCUT2D eigenvalue weighted by molar-refractivity contribution is -0.450. The molecule has 0 aromatic rings. The molecule has 5 atom stereocenters. The van der Waals surface area contributed by atoms with Gasteiger partial charge in [-0.1, -0.05) is 0 Å². The number of esters is 1.